The maximum Gasteiger partial charge on any atom is 0.230 e. The minimum absolute atomic E-state index is 0.00394. The molecule has 1 aromatic heterocycles. The van der Waals surface area contributed by atoms with Crippen molar-refractivity contribution in [3.05, 3.63) is 29.8 Å². The van der Waals surface area contributed by atoms with Crippen LogP contribution in [0.1, 0.15) is 25.3 Å². The lowest BCUT2D eigenvalue weighted by atomic mass is 10.1. The number of thioether (sulfide) groups is 1. The average molecular weight is 362 g/mol. The van der Waals surface area contributed by atoms with Crippen LogP contribution in [-0.2, 0) is 16.1 Å². The van der Waals surface area contributed by atoms with Gasteiger partial charge < -0.3 is 14.6 Å². The summed E-state index contributed by atoms with van der Waals surface area (Å²) in [6.45, 7) is 6.29. The second-order valence-electron chi connectivity index (χ2n) is 5.81. The molecule has 6 nitrogen and oxygen atoms in total. The highest BCUT2D eigenvalue weighted by Crippen LogP contribution is 2.24. The predicted octanol–water partition coefficient (Wildman–Crippen LogP) is 2.91. The van der Waals surface area contributed by atoms with Gasteiger partial charge in [0.2, 0.25) is 5.91 Å². The molecule has 2 rings (SSSR count). The van der Waals surface area contributed by atoms with E-state index < -0.39 is 0 Å². The number of nitrogens with one attached hydrogen (secondary N) is 1. The van der Waals surface area contributed by atoms with Crippen molar-refractivity contribution in [1.82, 2.24) is 20.1 Å². The van der Waals surface area contributed by atoms with Crippen molar-refractivity contribution in [3.8, 4) is 11.4 Å². The second kappa shape index (κ2) is 10.2. The second-order valence-corrected chi connectivity index (χ2v) is 6.75. The van der Waals surface area contributed by atoms with Gasteiger partial charge in [0.1, 0.15) is 0 Å². The number of carbonyl (C=O) groups excluding carboxylic acids is 1. The van der Waals surface area contributed by atoms with Crippen molar-refractivity contribution >= 4 is 17.7 Å². The minimum Gasteiger partial charge on any atom is -0.385 e. The molecule has 0 spiro atoms. The highest BCUT2D eigenvalue weighted by molar-refractivity contribution is 7.99. The Balaban J connectivity index is 2.02. The van der Waals surface area contributed by atoms with Crippen molar-refractivity contribution in [2.45, 2.75) is 38.4 Å². The van der Waals surface area contributed by atoms with Gasteiger partial charge >= 0.3 is 0 Å². The van der Waals surface area contributed by atoms with Crippen LogP contribution in [0.25, 0.3) is 11.4 Å². The molecule has 136 valence electrons. The van der Waals surface area contributed by atoms with Gasteiger partial charge in [0.15, 0.2) is 11.0 Å². The number of aromatic nitrogens is 3. The van der Waals surface area contributed by atoms with Crippen molar-refractivity contribution in [1.29, 1.82) is 0 Å². The SMILES string of the molecule is CCCn1c(SCC(=O)NCCCOC)nnc1-c1cccc(C)c1. The van der Waals surface area contributed by atoms with Crippen molar-refractivity contribution < 1.29 is 9.53 Å². The van der Waals surface area contributed by atoms with Gasteiger partial charge in [0, 0.05) is 32.4 Å². The van der Waals surface area contributed by atoms with E-state index in [1.54, 1.807) is 7.11 Å². The molecule has 1 heterocycles. The zero-order chi connectivity index (χ0) is 18.1. The first-order valence-corrected chi connectivity index (χ1v) is 9.53. The molecule has 25 heavy (non-hydrogen) atoms. The molecule has 0 aliphatic carbocycles. The Morgan fingerprint density at radius 1 is 1.36 bits per heavy atom. The van der Waals surface area contributed by atoms with Crippen LogP contribution in [0.5, 0.6) is 0 Å². The smallest absolute Gasteiger partial charge is 0.230 e. The topological polar surface area (TPSA) is 69.0 Å². The molecule has 0 aliphatic heterocycles. The highest BCUT2D eigenvalue weighted by Gasteiger charge is 2.15. The summed E-state index contributed by atoms with van der Waals surface area (Å²) in [6, 6.07) is 8.23. The fourth-order valence-electron chi connectivity index (χ4n) is 2.44. The van der Waals surface area contributed by atoms with Gasteiger partial charge in [0.05, 0.1) is 5.75 Å². The quantitative estimate of drug-likeness (QED) is 0.520. The van der Waals surface area contributed by atoms with Gasteiger partial charge in [-0.15, -0.1) is 10.2 Å². The number of hydrogen-bond donors (Lipinski definition) is 1. The van der Waals surface area contributed by atoms with Crippen molar-refractivity contribution in [2.24, 2.45) is 0 Å². The van der Waals surface area contributed by atoms with Gasteiger partial charge in [0.25, 0.3) is 0 Å². The lowest BCUT2D eigenvalue weighted by Gasteiger charge is -2.09. The lowest BCUT2D eigenvalue weighted by molar-refractivity contribution is -0.118. The van der Waals surface area contributed by atoms with Crippen LogP contribution in [0.4, 0.5) is 0 Å². The molecule has 7 heteroatoms. The number of benzene rings is 1. The first kappa shape index (κ1) is 19.5. The molecule has 0 saturated heterocycles. The summed E-state index contributed by atoms with van der Waals surface area (Å²) in [7, 11) is 1.66. The minimum atomic E-state index is 0.00394. The predicted molar refractivity (Wildman–Crippen MR) is 101 cm³/mol. The Morgan fingerprint density at radius 3 is 2.92 bits per heavy atom. The van der Waals surface area contributed by atoms with E-state index in [2.05, 4.69) is 46.1 Å². The van der Waals surface area contributed by atoms with Crippen LogP contribution in [-0.4, -0.2) is 46.7 Å². The number of hydrogen-bond acceptors (Lipinski definition) is 5. The summed E-state index contributed by atoms with van der Waals surface area (Å²) >= 11 is 1.42. The number of rotatable bonds is 10. The summed E-state index contributed by atoms with van der Waals surface area (Å²) in [5, 5.41) is 12.3. The first-order valence-electron chi connectivity index (χ1n) is 8.54. The number of nitrogens with zero attached hydrogens (tertiary/aromatic N) is 3. The molecular formula is C18H26N4O2S. The van der Waals surface area contributed by atoms with Crippen LogP contribution in [0.3, 0.4) is 0 Å². The summed E-state index contributed by atoms with van der Waals surface area (Å²) in [5.41, 5.74) is 2.24. The molecule has 0 aliphatic rings. The number of carbonyl (C=O) groups is 1. The Morgan fingerprint density at radius 2 is 2.20 bits per heavy atom. The van der Waals surface area contributed by atoms with E-state index in [1.807, 2.05) is 12.1 Å². The van der Waals surface area contributed by atoms with Crippen molar-refractivity contribution in [3.63, 3.8) is 0 Å². The van der Waals surface area contributed by atoms with Crippen LogP contribution in [0.2, 0.25) is 0 Å². The molecule has 0 atom stereocenters. The van der Waals surface area contributed by atoms with Crippen LogP contribution in [0, 0.1) is 6.92 Å². The molecule has 0 bridgehead atoms. The van der Waals surface area contributed by atoms with Gasteiger partial charge in [-0.05, 0) is 25.8 Å². The van der Waals surface area contributed by atoms with Gasteiger partial charge in [-0.2, -0.15) is 0 Å². The van der Waals surface area contributed by atoms with Gasteiger partial charge in [-0.3, -0.25) is 4.79 Å². The normalized spacial score (nSPS) is 10.8. The Bertz CT molecular complexity index is 687. The summed E-state index contributed by atoms with van der Waals surface area (Å²) in [4.78, 5) is 11.9. The fourth-order valence-corrected chi connectivity index (χ4v) is 3.24. The van der Waals surface area contributed by atoms with E-state index in [1.165, 1.54) is 17.3 Å². The van der Waals surface area contributed by atoms with Gasteiger partial charge in [-0.25, -0.2) is 0 Å². The molecule has 0 unspecified atom stereocenters. The summed E-state index contributed by atoms with van der Waals surface area (Å²) in [5.74, 6) is 1.20. The largest absolute Gasteiger partial charge is 0.385 e. The molecule has 1 amide bonds. The maximum atomic E-state index is 11.9. The zero-order valence-corrected chi connectivity index (χ0v) is 15.9. The van der Waals surface area contributed by atoms with Crippen LogP contribution >= 0.6 is 11.8 Å². The van der Waals surface area contributed by atoms with E-state index >= 15 is 0 Å². The van der Waals surface area contributed by atoms with E-state index in [0.717, 1.165) is 35.9 Å². The molecular weight excluding hydrogens is 336 g/mol. The van der Waals surface area contributed by atoms with Crippen molar-refractivity contribution in [2.75, 3.05) is 26.0 Å². The molecule has 1 aromatic carbocycles. The zero-order valence-electron chi connectivity index (χ0n) is 15.1. The average Bonchev–Trinajstić information content (AvgIpc) is 3.00. The Kier molecular flexibility index (Phi) is 7.94. The number of amides is 1. The fraction of sp³-hybridized carbons (Fsp3) is 0.500. The third kappa shape index (κ3) is 5.86. The third-order valence-electron chi connectivity index (χ3n) is 3.62. The maximum absolute atomic E-state index is 11.9. The van der Waals surface area contributed by atoms with E-state index in [0.29, 0.717) is 18.9 Å². The summed E-state index contributed by atoms with van der Waals surface area (Å²) in [6.07, 6.45) is 1.80. The lowest BCUT2D eigenvalue weighted by Crippen LogP contribution is -2.27. The van der Waals surface area contributed by atoms with Crippen LogP contribution in [0.15, 0.2) is 29.4 Å². The highest BCUT2D eigenvalue weighted by atomic mass is 32.2. The molecule has 0 fully saturated rings. The number of methoxy groups -OCH3 is 1. The number of aryl methyl sites for hydroxylation is 1. The van der Waals surface area contributed by atoms with Gasteiger partial charge in [-0.1, -0.05) is 42.4 Å². The first-order chi connectivity index (χ1) is 12.2. The molecule has 2 aromatic rings. The van der Waals surface area contributed by atoms with E-state index in [9.17, 15) is 4.79 Å². The third-order valence-corrected chi connectivity index (χ3v) is 4.59. The Labute approximate surface area is 153 Å². The monoisotopic (exact) mass is 362 g/mol. The van der Waals surface area contributed by atoms with E-state index in [-0.39, 0.29) is 5.91 Å². The standard InChI is InChI=1S/C18H26N4O2S/c1-4-10-22-17(15-8-5-7-14(2)12-15)20-21-18(22)25-13-16(23)19-9-6-11-24-3/h5,7-8,12H,4,6,9-11,13H2,1-3H3,(H,19,23). The van der Waals surface area contributed by atoms with E-state index in [4.69, 9.17) is 4.74 Å². The molecule has 0 saturated carbocycles. The Hall–Kier alpha value is -1.86. The molecule has 1 N–H and O–H groups in total. The van der Waals surface area contributed by atoms with Crippen LogP contribution < -0.4 is 5.32 Å². The number of ether oxygens (including phenoxy) is 1. The summed E-state index contributed by atoms with van der Waals surface area (Å²) < 4.78 is 7.07. The molecule has 0 radical (unpaired) electrons.